The van der Waals surface area contributed by atoms with Gasteiger partial charge in [-0.05, 0) is 30.7 Å². The normalized spacial score (nSPS) is 11.8. The molecule has 0 radical (unpaired) electrons. The standard InChI is InChI=1S/C18H22ClN3O5/c1-2-3-4-5-12(10-22(26)11-23)17(24)20-21-18(25)16-9-13-8-14(19)6-7-15(13)27-16/h6-9,11-12,26H,2-5,10H2,1H3,(H,20,24)(H,21,25)/t12-/m1/s1. The number of carbonyl (C=O) groups excluding carboxylic acids is 3. The predicted octanol–water partition coefficient (Wildman–Crippen LogP) is 2.89. The van der Waals surface area contributed by atoms with E-state index < -0.39 is 17.7 Å². The Morgan fingerprint density at radius 2 is 2.07 bits per heavy atom. The molecular formula is C18H22ClN3O5. The number of fused-ring (bicyclic) bond motifs is 1. The molecule has 0 spiro atoms. The zero-order chi connectivity index (χ0) is 19.8. The van der Waals surface area contributed by atoms with Gasteiger partial charge in [-0.3, -0.25) is 30.4 Å². The molecule has 0 saturated carbocycles. The highest BCUT2D eigenvalue weighted by Gasteiger charge is 2.22. The molecule has 0 aliphatic carbocycles. The van der Waals surface area contributed by atoms with Crippen molar-refractivity contribution in [2.45, 2.75) is 32.6 Å². The van der Waals surface area contributed by atoms with Crippen LogP contribution in [0.1, 0.15) is 43.2 Å². The van der Waals surface area contributed by atoms with Crippen molar-refractivity contribution in [1.82, 2.24) is 15.9 Å². The third-order valence-corrected chi connectivity index (χ3v) is 4.29. The molecule has 0 unspecified atom stereocenters. The lowest BCUT2D eigenvalue weighted by atomic mass is 10.0. The van der Waals surface area contributed by atoms with Crippen molar-refractivity contribution in [2.75, 3.05) is 6.54 Å². The van der Waals surface area contributed by atoms with E-state index in [0.717, 1.165) is 19.3 Å². The van der Waals surface area contributed by atoms with Gasteiger partial charge in [-0.2, -0.15) is 0 Å². The first-order valence-corrected chi connectivity index (χ1v) is 9.02. The second kappa shape index (κ2) is 9.94. The molecule has 2 aromatic rings. The Hall–Kier alpha value is -2.58. The second-order valence-electron chi connectivity index (χ2n) is 6.16. The van der Waals surface area contributed by atoms with Crippen LogP contribution in [0.4, 0.5) is 0 Å². The Morgan fingerprint density at radius 3 is 2.78 bits per heavy atom. The molecule has 0 aliphatic heterocycles. The molecule has 0 saturated heterocycles. The van der Waals surface area contributed by atoms with Crippen LogP contribution in [0.5, 0.6) is 0 Å². The van der Waals surface area contributed by atoms with Gasteiger partial charge in [0.05, 0.1) is 12.5 Å². The number of benzene rings is 1. The summed E-state index contributed by atoms with van der Waals surface area (Å²) in [5.41, 5.74) is 5.09. The van der Waals surface area contributed by atoms with E-state index in [1.807, 2.05) is 6.92 Å². The fourth-order valence-corrected chi connectivity index (χ4v) is 2.80. The molecular weight excluding hydrogens is 374 g/mol. The van der Waals surface area contributed by atoms with Crippen LogP contribution < -0.4 is 10.9 Å². The lowest BCUT2D eigenvalue weighted by Crippen LogP contribution is -2.46. The van der Waals surface area contributed by atoms with Crippen LogP contribution >= 0.6 is 11.6 Å². The van der Waals surface area contributed by atoms with Gasteiger partial charge in [0.1, 0.15) is 5.58 Å². The third kappa shape index (κ3) is 5.97. The van der Waals surface area contributed by atoms with Crippen LogP contribution in [0, 0.1) is 5.92 Å². The lowest BCUT2D eigenvalue weighted by molar-refractivity contribution is -0.154. The lowest BCUT2D eigenvalue weighted by Gasteiger charge is -2.19. The monoisotopic (exact) mass is 395 g/mol. The van der Waals surface area contributed by atoms with Crippen LogP contribution in [0.15, 0.2) is 28.7 Å². The first-order valence-electron chi connectivity index (χ1n) is 8.64. The van der Waals surface area contributed by atoms with Crippen LogP contribution in [0.3, 0.4) is 0 Å². The smallest absolute Gasteiger partial charge is 0.305 e. The van der Waals surface area contributed by atoms with Gasteiger partial charge in [-0.15, -0.1) is 0 Å². The molecule has 0 aliphatic rings. The van der Waals surface area contributed by atoms with Crippen molar-refractivity contribution in [3.05, 3.63) is 35.0 Å². The first kappa shape index (κ1) is 20.7. The molecule has 1 aromatic heterocycles. The molecule has 3 amide bonds. The summed E-state index contributed by atoms with van der Waals surface area (Å²) < 4.78 is 5.42. The average molecular weight is 396 g/mol. The fraction of sp³-hybridized carbons (Fsp3) is 0.389. The molecule has 1 aromatic carbocycles. The largest absolute Gasteiger partial charge is 0.451 e. The van der Waals surface area contributed by atoms with Crippen LogP contribution in [0.25, 0.3) is 11.0 Å². The third-order valence-electron chi connectivity index (χ3n) is 4.06. The minimum absolute atomic E-state index is 0.0202. The highest BCUT2D eigenvalue weighted by atomic mass is 35.5. The maximum Gasteiger partial charge on any atom is 0.305 e. The van der Waals surface area contributed by atoms with Crippen LogP contribution in [0.2, 0.25) is 5.02 Å². The number of furan rings is 1. The minimum atomic E-state index is -0.651. The van der Waals surface area contributed by atoms with Crippen molar-refractivity contribution in [1.29, 1.82) is 0 Å². The van der Waals surface area contributed by atoms with Gasteiger partial charge in [-0.25, -0.2) is 5.06 Å². The second-order valence-corrected chi connectivity index (χ2v) is 6.59. The van der Waals surface area contributed by atoms with E-state index in [-0.39, 0.29) is 18.7 Å². The van der Waals surface area contributed by atoms with E-state index in [0.29, 0.717) is 27.5 Å². The van der Waals surface area contributed by atoms with Gasteiger partial charge >= 0.3 is 5.91 Å². The number of hydrogen-bond donors (Lipinski definition) is 3. The van der Waals surface area contributed by atoms with E-state index >= 15 is 0 Å². The van der Waals surface area contributed by atoms with Crippen molar-refractivity contribution >= 4 is 40.8 Å². The number of hydroxylamine groups is 2. The molecule has 9 heteroatoms. The van der Waals surface area contributed by atoms with Gasteiger partial charge in [0.15, 0.2) is 5.76 Å². The number of nitrogens with zero attached hydrogens (tertiary/aromatic N) is 1. The number of hydrogen-bond acceptors (Lipinski definition) is 5. The van der Waals surface area contributed by atoms with Gasteiger partial charge in [0.2, 0.25) is 12.3 Å². The van der Waals surface area contributed by atoms with E-state index in [2.05, 4.69) is 10.9 Å². The Bertz CT molecular complexity index is 807. The van der Waals surface area contributed by atoms with Crippen LogP contribution in [-0.4, -0.2) is 35.0 Å². The van der Waals surface area contributed by atoms with Gasteiger partial charge < -0.3 is 4.42 Å². The zero-order valence-corrected chi connectivity index (χ0v) is 15.7. The van der Waals surface area contributed by atoms with Gasteiger partial charge in [-0.1, -0.05) is 37.8 Å². The topological polar surface area (TPSA) is 112 Å². The Labute approximate surface area is 161 Å². The summed E-state index contributed by atoms with van der Waals surface area (Å²) in [6.07, 6.45) is 3.36. The first-order chi connectivity index (χ1) is 12.9. The highest BCUT2D eigenvalue weighted by molar-refractivity contribution is 6.31. The summed E-state index contributed by atoms with van der Waals surface area (Å²) >= 11 is 5.90. The molecule has 0 fully saturated rings. The Kier molecular flexibility index (Phi) is 7.63. The van der Waals surface area contributed by atoms with Crippen molar-refractivity contribution in [3.63, 3.8) is 0 Å². The van der Waals surface area contributed by atoms with Gasteiger partial charge in [0.25, 0.3) is 0 Å². The summed E-state index contributed by atoms with van der Waals surface area (Å²) in [5.74, 6) is -1.76. The van der Waals surface area contributed by atoms with E-state index in [4.69, 9.17) is 16.0 Å². The minimum Gasteiger partial charge on any atom is -0.451 e. The molecule has 1 heterocycles. The van der Waals surface area contributed by atoms with Crippen LogP contribution in [-0.2, 0) is 9.59 Å². The summed E-state index contributed by atoms with van der Waals surface area (Å²) in [5, 5.41) is 11.0. The Balaban J connectivity index is 1.96. The summed E-state index contributed by atoms with van der Waals surface area (Å²) in [7, 11) is 0. The molecule has 8 nitrogen and oxygen atoms in total. The zero-order valence-electron chi connectivity index (χ0n) is 14.9. The number of halogens is 1. The SMILES string of the molecule is CCCCC[C@H](CN(O)C=O)C(=O)NNC(=O)c1cc2cc(Cl)ccc2o1. The number of nitrogens with one attached hydrogen (secondary N) is 2. The fourth-order valence-electron chi connectivity index (χ4n) is 2.62. The van der Waals surface area contributed by atoms with E-state index in [9.17, 15) is 19.6 Å². The molecule has 3 N–H and O–H groups in total. The maximum absolute atomic E-state index is 12.3. The van der Waals surface area contributed by atoms with E-state index in [1.54, 1.807) is 18.2 Å². The number of amides is 3. The average Bonchev–Trinajstić information content (AvgIpc) is 3.08. The van der Waals surface area contributed by atoms with Crippen molar-refractivity contribution in [3.8, 4) is 0 Å². The van der Waals surface area contributed by atoms with Crippen molar-refractivity contribution < 1.29 is 24.0 Å². The molecule has 1 atom stereocenters. The molecule has 0 bridgehead atoms. The molecule has 27 heavy (non-hydrogen) atoms. The Morgan fingerprint density at radius 1 is 1.30 bits per heavy atom. The molecule has 2 rings (SSSR count). The summed E-state index contributed by atoms with van der Waals surface area (Å²) in [6.45, 7) is 1.87. The van der Waals surface area contributed by atoms with Gasteiger partial charge in [0, 0.05) is 10.4 Å². The summed E-state index contributed by atoms with van der Waals surface area (Å²) in [4.78, 5) is 35.1. The summed E-state index contributed by atoms with van der Waals surface area (Å²) in [6, 6.07) is 6.47. The predicted molar refractivity (Wildman–Crippen MR) is 99.0 cm³/mol. The number of unbranched alkanes of at least 4 members (excludes halogenated alkanes) is 2. The maximum atomic E-state index is 12.3. The number of carbonyl (C=O) groups is 3. The number of rotatable bonds is 9. The van der Waals surface area contributed by atoms with Crippen molar-refractivity contribution in [2.24, 2.45) is 5.92 Å². The number of hydrazine groups is 1. The quantitative estimate of drug-likeness (QED) is 0.261. The van der Waals surface area contributed by atoms with E-state index in [1.165, 1.54) is 6.07 Å². The molecule has 146 valence electrons. The highest BCUT2D eigenvalue weighted by Crippen LogP contribution is 2.22.